The first-order valence-electron chi connectivity index (χ1n) is 5.63. The molecule has 0 amide bonds. The first-order valence-corrected chi connectivity index (χ1v) is 5.63. The maximum atomic E-state index is 12.8. The maximum absolute atomic E-state index is 12.8. The number of halogens is 2. The fourth-order valence-corrected chi connectivity index (χ4v) is 1.65. The number of hydrogen-bond acceptors (Lipinski definition) is 6. The number of aromatic carboxylic acids is 1. The van der Waals surface area contributed by atoms with Gasteiger partial charge in [-0.2, -0.15) is 0 Å². The number of fused-ring (bicyclic) bond motifs is 1. The Hall–Kier alpha value is -2.84. The summed E-state index contributed by atoms with van der Waals surface area (Å²) < 4.78 is 44.1. The third-order valence-corrected chi connectivity index (χ3v) is 2.49. The lowest BCUT2D eigenvalue weighted by atomic mass is 10.3. The lowest BCUT2D eigenvalue weighted by Gasteiger charge is -2.05. The van der Waals surface area contributed by atoms with Gasteiger partial charge in [0.05, 0.1) is 0 Å². The number of alkyl halides is 2. The van der Waals surface area contributed by atoms with Crippen LogP contribution >= 0.6 is 0 Å². The molecule has 1 aliphatic heterocycles. The van der Waals surface area contributed by atoms with Crippen LogP contribution < -0.4 is 14.2 Å². The molecule has 0 fully saturated rings. The molecule has 2 heterocycles. The van der Waals surface area contributed by atoms with Gasteiger partial charge < -0.3 is 23.7 Å². The highest BCUT2D eigenvalue weighted by Crippen LogP contribution is 2.42. The van der Waals surface area contributed by atoms with Crippen molar-refractivity contribution in [3.8, 4) is 17.2 Å². The van der Waals surface area contributed by atoms with Crippen LogP contribution in [0.15, 0.2) is 28.9 Å². The summed E-state index contributed by atoms with van der Waals surface area (Å²) in [7, 11) is 0. The second kappa shape index (κ2) is 4.62. The SMILES string of the molecule is O=C(O)c1nc(COc2ccc3c(c2)OC(F)(F)O3)co1. The van der Waals surface area contributed by atoms with Crippen LogP contribution in [-0.4, -0.2) is 22.4 Å². The topological polar surface area (TPSA) is 91.0 Å². The Morgan fingerprint density at radius 2 is 2.10 bits per heavy atom. The molecule has 9 heteroatoms. The molecule has 0 spiro atoms. The zero-order valence-electron chi connectivity index (χ0n) is 10.2. The minimum absolute atomic E-state index is 0.0905. The summed E-state index contributed by atoms with van der Waals surface area (Å²) in [6.45, 7) is -0.0905. The van der Waals surface area contributed by atoms with Crippen molar-refractivity contribution in [1.29, 1.82) is 0 Å². The Labute approximate surface area is 115 Å². The van der Waals surface area contributed by atoms with Crippen LogP contribution in [0, 0.1) is 0 Å². The Bertz CT molecular complexity index is 699. The molecule has 1 aliphatic rings. The third kappa shape index (κ3) is 2.71. The van der Waals surface area contributed by atoms with Crippen molar-refractivity contribution in [1.82, 2.24) is 4.98 Å². The fraction of sp³-hybridized carbons (Fsp3) is 0.167. The van der Waals surface area contributed by atoms with Gasteiger partial charge in [-0.1, -0.05) is 0 Å². The van der Waals surface area contributed by atoms with Gasteiger partial charge >= 0.3 is 18.2 Å². The number of hydrogen-bond donors (Lipinski definition) is 1. The number of aromatic nitrogens is 1. The lowest BCUT2D eigenvalue weighted by Crippen LogP contribution is -2.25. The van der Waals surface area contributed by atoms with E-state index in [1.54, 1.807) is 0 Å². The van der Waals surface area contributed by atoms with E-state index in [1.165, 1.54) is 18.2 Å². The monoisotopic (exact) mass is 299 g/mol. The van der Waals surface area contributed by atoms with Gasteiger partial charge in [0.15, 0.2) is 11.5 Å². The number of oxazole rings is 1. The van der Waals surface area contributed by atoms with Gasteiger partial charge in [-0.05, 0) is 12.1 Å². The van der Waals surface area contributed by atoms with Gasteiger partial charge in [0, 0.05) is 6.07 Å². The van der Waals surface area contributed by atoms with Crippen molar-refractivity contribution in [2.24, 2.45) is 0 Å². The van der Waals surface area contributed by atoms with Gasteiger partial charge in [-0.3, -0.25) is 0 Å². The second-order valence-electron chi connectivity index (χ2n) is 4.01. The highest BCUT2D eigenvalue weighted by Gasteiger charge is 2.43. The first kappa shape index (κ1) is 13.2. The number of carbonyl (C=O) groups is 1. The molecule has 0 atom stereocenters. The quantitative estimate of drug-likeness (QED) is 0.925. The minimum atomic E-state index is -3.69. The summed E-state index contributed by atoms with van der Waals surface area (Å²) in [5.41, 5.74) is 0.246. The number of benzene rings is 1. The van der Waals surface area contributed by atoms with Crippen molar-refractivity contribution < 1.29 is 37.3 Å². The molecule has 0 saturated heterocycles. The number of ether oxygens (including phenoxy) is 3. The predicted molar refractivity (Wildman–Crippen MR) is 60.4 cm³/mol. The van der Waals surface area contributed by atoms with E-state index in [4.69, 9.17) is 9.84 Å². The van der Waals surface area contributed by atoms with E-state index in [0.29, 0.717) is 0 Å². The minimum Gasteiger partial charge on any atom is -0.487 e. The van der Waals surface area contributed by atoms with Crippen LogP contribution in [0.2, 0.25) is 0 Å². The standard InChI is InChI=1S/C12H7F2NO6/c13-12(14)20-8-2-1-7(3-9(8)21-12)18-4-6-5-19-10(15-6)11(16)17/h1-3,5H,4H2,(H,16,17). The molecule has 1 N–H and O–H groups in total. The molecule has 3 rings (SSSR count). The Balaban J connectivity index is 1.68. The molecule has 0 saturated carbocycles. The van der Waals surface area contributed by atoms with Crippen molar-refractivity contribution in [2.45, 2.75) is 12.9 Å². The van der Waals surface area contributed by atoms with E-state index in [1.807, 2.05) is 0 Å². The van der Waals surface area contributed by atoms with Crippen LogP contribution in [0.4, 0.5) is 8.78 Å². The maximum Gasteiger partial charge on any atom is 0.586 e. The molecular formula is C12H7F2NO6. The zero-order valence-corrected chi connectivity index (χ0v) is 10.2. The first-order chi connectivity index (χ1) is 9.93. The summed E-state index contributed by atoms with van der Waals surface area (Å²) in [5.74, 6) is -1.77. The largest absolute Gasteiger partial charge is 0.586 e. The van der Waals surface area contributed by atoms with Crippen LogP contribution in [0.25, 0.3) is 0 Å². The molecule has 0 aliphatic carbocycles. The highest BCUT2D eigenvalue weighted by molar-refractivity contribution is 5.82. The van der Waals surface area contributed by atoms with E-state index in [-0.39, 0.29) is 29.5 Å². The van der Waals surface area contributed by atoms with Gasteiger partial charge in [-0.15, -0.1) is 8.78 Å². The van der Waals surface area contributed by atoms with Gasteiger partial charge in [-0.25, -0.2) is 9.78 Å². The molecule has 1 aromatic carbocycles. The molecule has 7 nitrogen and oxygen atoms in total. The Morgan fingerprint density at radius 1 is 1.33 bits per heavy atom. The summed E-state index contributed by atoms with van der Waals surface area (Å²) in [5, 5.41) is 8.64. The summed E-state index contributed by atoms with van der Waals surface area (Å²) in [6.07, 6.45) is -2.56. The number of rotatable bonds is 4. The second-order valence-corrected chi connectivity index (χ2v) is 4.01. The van der Waals surface area contributed by atoms with E-state index < -0.39 is 18.2 Å². The molecule has 2 aromatic rings. The average Bonchev–Trinajstić information content (AvgIpc) is 2.98. The molecule has 110 valence electrons. The van der Waals surface area contributed by atoms with E-state index in [0.717, 1.165) is 6.26 Å². The number of nitrogens with zero attached hydrogens (tertiary/aromatic N) is 1. The Morgan fingerprint density at radius 3 is 2.81 bits per heavy atom. The zero-order chi connectivity index (χ0) is 15.0. The van der Waals surface area contributed by atoms with Crippen LogP contribution in [0.1, 0.15) is 16.4 Å². The van der Waals surface area contributed by atoms with Crippen LogP contribution in [-0.2, 0) is 6.61 Å². The predicted octanol–water partition coefficient (Wildman–Crippen LogP) is 2.27. The van der Waals surface area contributed by atoms with Crippen LogP contribution in [0.5, 0.6) is 17.2 Å². The number of carboxylic acid groups (broad SMARTS) is 1. The van der Waals surface area contributed by atoms with Crippen molar-refractivity contribution in [3.63, 3.8) is 0 Å². The average molecular weight is 299 g/mol. The van der Waals surface area contributed by atoms with Gasteiger partial charge in [0.1, 0.15) is 24.3 Å². The molecule has 0 bridgehead atoms. The molecule has 21 heavy (non-hydrogen) atoms. The normalized spacial score (nSPS) is 15.0. The van der Waals surface area contributed by atoms with E-state index in [2.05, 4.69) is 18.9 Å². The fourth-order valence-electron chi connectivity index (χ4n) is 1.65. The molecular weight excluding hydrogens is 292 g/mol. The van der Waals surface area contributed by atoms with Gasteiger partial charge in [0.25, 0.3) is 0 Å². The smallest absolute Gasteiger partial charge is 0.487 e. The summed E-state index contributed by atoms with van der Waals surface area (Å²) >= 11 is 0. The van der Waals surface area contributed by atoms with E-state index in [9.17, 15) is 13.6 Å². The summed E-state index contributed by atoms with van der Waals surface area (Å²) in [4.78, 5) is 14.2. The van der Waals surface area contributed by atoms with Crippen molar-refractivity contribution >= 4 is 5.97 Å². The van der Waals surface area contributed by atoms with Crippen molar-refractivity contribution in [3.05, 3.63) is 36.0 Å². The summed E-state index contributed by atoms with van der Waals surface area (Å²) in [6, 6.07) is 3.91. The number of carboxylic acids is 1. The van der Waals surface area contributed by atoms with Crippen LogP contribution in [0.3, 0.4) is 0 Å². The molecule has 0 radical (unpaired) electrons. The molecule has 0 unspecified atom stereocenters. The van der Waals surface area contributed by atoms with Gasteiger partial charge in [0.2, 0.25) is 0 Å². The highest BCUT2D eigenvalue weighted by atomic mass is 19.3. The molecule has 1 aromatic heterocycles. The lowest BCUT2D eigenvalue weighted by molar-refractivity contribution is -0.286. The van der Waals surface area contributed by atoms with E-state index >= 15 is 0 Å². The Kier molecular flexibility index (Phi) is 2.89. The third-order valence-electron chi connectivity index (χ3n) is 2.49. The van der Waals surface area contributed by atoms with Crippen molar-refractivity contribution in [2.75, 3.05) is 0 Å².